The van der Waals surface area contributed by atoms with Crippen LogP contribution in [0.5, 0.6) is 0 Å². The van der Waals surface area contributed by atoms with Crippen LogP contribution in [0, 0.1) is 0 Å². The van der Waals surface area contributed by atoms with Gasteiger partial charge in [-0.15, -0.1) is 6.58 Å². The molecular weight excluding hydrogens is 286 g/mol. The van der Waals surface area contributed by atoms with Gasteiger partial charge in [0.1, 0.15) is 0 Å². The Morgan fingerprint density at radius 1 is 1.22 bits per heavy atom. The molecule has 0 spiro atoms. The second kappa shape index (κ2) is 7.04. The molecule has 0 saturated heterocycles. The van der Waals surface area contributed by atoms with Crippen LogP contribution in [0.1, 0.15) is 17.0 Å². The van der Waals surface area contributed by atoms with Crippen molar-refractivity contribution in [1.82, 2.24) is 0 Å². The van der Waals surface area contributed by atoms with Gasteiger partial charge < -0.3 is 20.3 Å². The zero-order chi connectivity index (χ0) is 16.2. The normalized spacial score (nSPS) is 14.8. The van der Waals surface area contributed by atoms with Crippen molar-refractivity contribution in [1.29, 1.82) is 0 Å². The third-order valence-corrected chi connectivity index (χ3v) is 4.17. The Balaban J connectivity index is 1.97. The van der Waals surface area contributed by atoms with E-state index in [1.807, 2.05) is 6.08 Å². The van der Waals surface area contributed by atoms with E-state index in [9.17, 15) is 0 Å². The standard InChI is InChI=1S/C17H20B2N2O2/c1-3-13-16-8-11(18-23-10-20)4-6-14(16)15-7-5-12(9-17(13)15)21-19-22-2/h3-9,13,18-19,21H,1,10,20H2,2H3. The molecule has 3 rings (SSSR count). The molecule has 4 nitrogen and oxygen atoms in total. The van der Waals surface area contributed by atoms with Crippen LogP contribution in [0.25, 0.3) is 11.1 Å². The molecule has 2 aromatic carbocycles. The highest BCUT2D eigenvalue weighted by Crippen LogP contribution is 2.45. The van der Waals surface area contributed by atoms with Gasteiger partial charge in [-0.1, -0.05) is 35.8 Å². The average Bonchev–Trinajstić information content (AvgIpc) is 2.90. The lowest BCUT2D eigenvalue weighted by atomic mass is 9.84. The maximum Gasteiger partial charge on any atom is 0.393 e. The van der Waals surface area contributed by atoms with E-state index in [1.165, 1.54) is 22.3 Å². The minimum absolute atomic E-state index is 0.196. The zero-order valence-corrected chi connectivity index (χ0v) is 13.3. The molecular formula is C17H20B2N2O2. The molecule has 1 unspecified atom stereocenters. The first-order chi connectivity index (χ1) is 11.3. The first-order valence-electron chi connectivity index (χ1n) is 7.68. The number of rotatable bonds is 7. The summed E-state index contributed by atoms with van der Waals surface area (Å²) >= 11 is 0. The maximum absolute atomic E-state index is 5.41. The average molecular weight is 306 g/mol. The summed E-state index contributed by atoms with van der Waals surface area (Å²) < 4.78 is 10.4. The summed E-state index contributed by atoms with van der Waals surface area (Å²) in [4.78, 5) is 0. The Labute approximate surface area is 138 Å². The summed E-state index contributed by atoms with van der Waals surface area (Å²) in [5, 5.41) is 3.24. The number of nitrogens with one attached hydrogen (secondary N) is 1. The van der Waals surface area contributed by atoms with Crippen molar-refractivity contribution in [3.8, 4) is 11.1 Å². The smallest absolute Gasteiger partial charge is 0.393 e. The van der Waals surface area contributed by atoms with Crippen LogP contribution in [-0.2, 0) is 9.31 Å². The van der Waals surface area contributed by atoms with E-state index >= 15 is 0 Å². The number of benzene rings is 2. The van der Waals surface area contributed by atoms with Crippen molar-refractivity contribution in [2.75, 3.05) is 19.1 Å². The summed E-state index contributed by atoms with van der Waals surface area (Å²) in [6.07, 6.45) is 2.00. The lowest BCUT2D eigenvalue weighted by Crippen LogP contribution is -2.21. The first-order valence-corrected chi connectivity index (χ1v) is 7.68. The molecule has 0 fully saturated rings. The molecule has 1 aliphatic rings. The lowest BCUT2D eigenvalue weighted by Gasteiger charge is -2.11. The number of anilines is 1. The minimum Gasteiger partial charge on any atom is -0.422 e. The summed E-state index contributed by atoms with van der Waals surface area (Å²) in [7, 11) is 2.70. The lowest BCUT2D eigenvalue weighted by molar-refractivity contribution is 0.355. The van der Waals surface area contributed by atoms with Gasteiger partial charge in [-0.25, -0.2) is 0 Å². The molecule has 116 valence electrons. The largest absolute Gasteiger partial charge is 0.422 e. The van der Waals surface area contributed by atoms with Gasteiger partial charge in [0.15, 0.2) is 0 Å². The Kier molecular flexibility index (Phi) is 4.86. The van der Waals surface area contributed by atoms with Gasteiger partial charge in [-0.3, -0.25) is 0 Å². The molecule has 6 heteroatoms. The van der Waals surface area contributed by atoms with Crippen LogP contribution >= 0.6 is 0 Å². The second-order valence-corrected chi connectivity index (χ2v) is 5.56. The molecule has 0 radical (unpaired) electrons. The molecule has 23 heavy (non-hydrogen) atoms. The summed E-state index contributed by atoms with van der Waals surface area (Å²) in [6, 6.07) is 12.9. The van der Waals surface area contributed by atoms with E-state index in [1.54, 1.807) is 7.11 Å². The monoisotopic (exact) mass is 306 g/mol. The molecule has 0 aromatic heterocycles. The predicted molar refractivity (Wildman–Crippen MR) is 98.6 cm³/mol. The Bertz CT molecular complexity index is 664. The van der Waals surface area contributed by atoms with Crippen LogP contribution in [-0.4, -0.2) is 28.9 Å². The minimum atomic E-state index is 0.196. The third-order valence-electron chi connectivity index (χ3n) is 4.17. The van der Waals surface area contributed by atoms with Crippen molar-refractivity contribution in [3.63, 3.8) is 0 Å². The molecule has 0 saturated carbocycles. The van der Waals surface area contributed by atoms with Gasteiger partial charge in [0.25, 0.3) is 0 Å². The van der Waals surface area contributed by atoms with Crippen molar-refractivity contribution in [2.45, 2.75) is 5.92 Å². The number of hydrogen-bond donors (Lipinski definition) is 2. The number of nitrogens with two attached hydrogens (primary N) is 1. The molecule has 0 aliphatic heterocycles. The Hall–Kier alpha value is -2.01. The van der Waals surface area contributed by atoms with Crippen LogP contribution in [0.3, 0.4) is 0 Å². The fourth-order valence-corrected chi connectivity index (χ4v) is 3.13. The van der Waals surface area contributed by atoms with Crippen LogP contribution in [0.4, 0.5) is 5.69 Å². The molecule has 0 bridgehead atoms. The number of fused-ring (bicyclic) bond motifs is 3. The SMILES string of the molecule is C=CC1c2cc(BOCN)ccc2-c2ccc(NBOC)cc21. The van der Waals surface area contributed by atoms with E-state index in [0.29, 0.717) is 15.1 Å². The Morgan fingerprint density at radius 3 is 2.65 bits per heavy atom. The molecule has 2 aromatic rings. The summed E-state index contributed by atoms with van der Waals surface area (Å²) in [5.41, 5.74) is 12.7. The molecule has 1 atom stereocenters. The molecule has 0 heterocycles. The zero-order valence-electron chi connectivity index (χ0n) is 13.3. The van der Waals surface area contributed by atoms with E-state index in [0.717, 1.165) is 11.2 Å². The highest BCUT2D eigenvalue weighted by molar-refractivity contribution is 6.47. The number of hydrogen-bond acceptors (Lipinski definition) is 4. The predicted octanol–water partition coefficient (Wildman–Crippen LogP) is 1.22. The highest BCUT2D eigenvalue weighted by atomic mass is 16.4. The van der Waals surface area contributed by atoms with Crippen molar-refractivity contribution in [2.24, 2.45) is 5.73 Å². The second-order valence-electron chi connectivity index (χ2n) is 5.56. The fourth-order valence-electron chi connectivity index (χ4n) is 3.13. The van der Waals surface area contributed by atoms with Gasteiger partial charge in [-0.05, 0) is 34.4 Å². The van der Waals surface area contributed by atoms with Crippen molar-refractivity contribution >= 4 is 26.2 Å². The highest BCUT2D eigenvalue weighted by Gasteiger charge is 2.27. The van der Waals surface area contributed by atoms with Gasteiger partial charge >= 0.3 is 15.1 Å². The topological polar surface area (TPSA) is 56.5 Å². The molecule has 1 aliphatic carbocycles. The summed E-state index contributed by atoms with van der Waals surface area (Å²) in [6.45, 7) is 4.26. The third kappa shape index (κ3) is 3.06. The van der Waals surface area contributed by atoms with Gasteiger partial charge in [0.05, 0.1) is 6.73 Å². The van der Waals surface area contributed by atoms with Crippen LogP contribution in [0.15, 0.2) is 49.1 Å². The Morgan fingerprint density at radius 2 is 1.96 bits per heavy atom. The van der Waals surface area contributed by atoms with E-state index in [-0.39, 0.29) is 12.6 Å². The van der Waals surface area contributed by atoms with E-state index < -0.39 is 0 Å². The van der Waals surface area contributed by atoms with E-state index in [4.69, 9.17) is 15.0 Å². The molecule has 3 N–H and O–H groups in total. The van der Waals surface area contributed by atoms with E-state index in [2.05, 4.69) is 48.2 Å². The van der Waals surface area contributed by atoms with Crippen molar-refractivity contribution in [3.05, 3.63) is 60.2 Å². The van der Waals surface area contributed by atoms with Gasteiger partial charge in [0.2, 0.25) is 0 Å². The van der Waals surface area contributed by atoms with Gasteiger partial charge in [-0.2, -0.15) is 0 Å². The van der Waals surface area contributed by atoms with Gasteiger partial charge in [0, 0.05) is 18.7 Å². The van der Waals surface area contributed by atoms with Crippen molar-refractivity contribution < 1.29 is 9.31 Å². The maximum atomic E-state index is 5.41. The quantitative estimate of drug-likeness (QED) is 0.459. The number of allylic oxidation sites excluding steroid dienone is 1. The summed E-state index contributed by atoms with van der Waals surface area (Å²) in [5.74, 6) is 0.196. The molecule has 0 amide bonds. The van der Waals surface area contributed by atoms with Crippen LogP contribution < -0.4 is 16.4 Å². The first kappa shape index (κ1) is 15.9. The van der Waals surface area contributed by atoms with Crippen LogP contribution in [0.2, 0.25) is 0 Å². The fraction of sp³-hybridized carbons (Fsp3) is 0.176.